The highest BCUT2D eigenvalue weighted by molar-refractivity contribution is 7.09. The number of hydrogen-bond acceptors (Lipinski definition) is 4. The number of amides is 1. The van der Waals surface area contributed by atoms with Crippen LogP contribution in [-0.4, -0.2) is 23.9 Å². The lowest BCUT2D eigenvalue weighted by molar-refractivity contribution is -0.122. The van der Waals surface area contributed by atoms with E-state index in [4.69, 9.17) is 10.5 Å². The maximum absolute atomic E-state index is 11.1. The molecule has 21 heavy (non-hydrogen) atoms. The molecule has 4 nitrogen and oxygen atoms in total. The van der Waals surface area contributed by atoms with Crippen molar-refractivity contribution in [3.63, 3.8) is 0 Å². The molecule has 0 saturated carbocycles. The topological polar surface area (TPSA) is 55.6 Å². The monoisotopic (exact) mass is 304 g/mol. The molecule has 0 radical (unpaired) electrons. The summed E-state index contributed by atoms with van der Waals surface area (Å²) in [6, 6.07) is 11.7. The van der Waals surface area contributed by atoms with Gasteiger partial charge in [0, 0.05) is 11.4 Å². The van der Waals surface area contributed by atoms with Gasteiger partial charge in [-0.2, -0.15) is 0 Å². The Kier molecular flexibility index (Phi) is 5.36. The second-order valence-electron chi connectivity index (χ2n) is 5.01. The second kappa shape index (κ2) is 7.24. The summed E-state index contributed by atoms with van der Waals surface area (Å²) in [5.41, 5.74) is 6.42. The van der Waals surface area contributed by atoms with E-state index in [0.717, 1.165) is 11.3 Å². The molecule has 0 spiro atoms. The molecular formula is C16H20N2O2S. The number of hydrogen-bond donors (Lipinski definition) is 1. The largest absolute Gasteiger partial charge is 0.488 e. The van der Waals surface area contributed by atoms with Crippen molar-refractivity contribution in [3.8, 4) is 5.75 Å². The molecule has 1 amide bonds. The Balaban J connectivity index is 1.88. The first-order chi connectivity index (χ1) is 10.1. The molecule has 0 unspecified atom stereocenters. The van der Waals surface area contributed by atoms with Gasteiger partial charge in [0.25, 0.3) is 0 Å². The predicted molar refractivity (Wildman–Crippen MR) is 85.2 cm³/mol. The molecule has 5 heteroatoms. The van der Waals surface area contributed by atoms with Gasteiger partial charge in [0.15, 0.2) is 0 Å². The Morgan fingerprint density at radius 3 is 2.62 bits per heavy atom. The quantitative estimate of drug-likeness (QED) is 0.855. The minimum atomic E-state index is -0.312. The number of likely N-dealkylation sites (N-methyl/N-ethyl adjacent to an activating group) is 1. The Hall–Kier alpha value is -1.85. The van der Waals surface area contributed by atoms with Gasteiger partial charge in [-0.1, -0.05) is 18.2 Å². The molecule has 0 aliphatic heterocycles. The number of nitrogens with two attached hydrogens (primary N) is 1. The second-order valence-corrected chi connectivity index (χ2v) is 6.04. The van der Waals surface area contributed by atoms with Gasteiger partial charge in [-0.25, -0.2) is 0 Å². The third kappa shape index (κ3) is 4.58. The fourth-order valence-corrected chi connectivity index (χ4v) is 2.50. The first-order valence-corrected chi connectivity index (χ1v) is 7.68. The molecule has 0 saturated heterocycles. The molecule has 1 aromatic carbocycles. The van der Waals surface area contributed by atoms with E-state index in [-0.39, 0.29) is 11.9 Å². The number of thiophene rings is 1. The van der Waals surface area contributed by atoms with Crippen molar-refractivity contribution in [1.29, 1.82) is 0 Å². The molecule has 0 aliphatic rings. The van der Waals surface area contributed by atoms with E-state index >= 15 is 0 Å². The van der Waals surface area contributed by atoms with Crippen molar-refractivity contribution in [2.45, 2.75) is 26.1 Å². The highest BCUT2D eigenvalue weighted by Gasteiger charge is 2.14. The Labute approximate surface area is 129 Å². The third-order valence-corrected chi connectivity index (χ3v) is 4.24. The zero-order valence-corrected chi connectivity index (χ0v) is 13.1. The number of benzene rings is 1. The Morgan fingerprint density at radius 1 is 1.33 bits per heavy atom. The molecular weight excluding hydrogens is 284 g/mol. The molecule has 0 fully saturated rings. The summed E-state index contributed by atoms with van der Waals surface area (Å²) in [5.74, 6) is 0.533. The molecule has 0 aliphatic carbocycles. The zero-order chi connectivity index (χ0) is 15.2. The van der Waals surface area contributed by atoms with E-state index in [1.165, 1.54) is 4.88 Å². The van der Waals surface area contributed by atoms with Crippen molar-refractivity contribution in [2.75, 3.05) is 7.05 Å². The first kappa shape index (κ1) is 15.5. The molecule has 2 rings (SSSR count). The van der Waals surface area contributed by atoms with Gasteiger partial charge in [0.05, 0.1) is 6.04 Å². The van der Waals surface area contributed by atoms with Crippen LogP contribution < -0.4 is 10.5 Å². The van der Waals surface area contributed by atoms with Gasteiger partial charge in [-0.15, -0.1) is 11.3 Å². The van der Waals surface area contributed by atoms with Crippen molar-refractivity contribution in [1.82, 2.24) is 4.90 Å². The van der Waals surface area contributed by atoms with Gasteiger partial charge < -0.3 is 10.5 Å². The average Bonchev–Trinajstić information content (AvgIpc) is 2.99. The third-order valence-electron chi connectivity index (χ3n) is 3.39. The first-order valence-electron chi connectivity index (χ1n) is 6.80. The van der Waals surface area contributed by atoms with E-state index in [9.17, 15) is 4.79 Å². The summed E-state index contributed by atoms with van der Waals surface area (Å²) < 4.78 is 5.72. The van der Waals surface area contributed by atoms with E-state index in [1.807, 2.05) is 47.7 Å². The van der Waals surface area contributed by atoms with Crippen LogP contribution >= 0.6 is 11.3 Å². The normalized spacial score (nSPS) is 12.3. The Morgan fingerprint density at radius 2 is 2.05 bits per heavy atom. The van der Waals surface area contributed by atoms with Crippen molar-refractivity contribution < 1.29 is 9.53 Å². The van der Waals surface area contributed by atoms with Gasteiger partial charge in [-0.05, 0) is 43.1 Å². The summed E-state index contributed by atoms with van der Waals surface area (Å²) in [6.07, 6.45) is 0. The van der Waals surface area contributed by atoms with Crippen LogP contribution in [0, 0.1) is 0 Å². The summed E-state index contributed by atoms with van der Waals surface area (Å²) in [5, 5.41) is 2.04. The highest BCUT2D eigenvalue weighted by atomic mass is 32.1. The lowest BCUT2D eigenvalue weighted by Gasteiger charge is -2.21. The number of ether oxygens (including phenoxy) is 1. The van der Waals surface area contributed by atoms with Crippen LogP contribution in [0.3, 0.4) is 0 Å². The fourth-order valence-electron chi connectivity index (χ4n) is 1.88. The number of rotatable bonds is 7. The highest BCUT2D eigenvalue weighted by Crippen LogP contribution is 2.17. The number of carbonyl (C=O) groups is 1. The van der Waals surface area contributed by atoms with Crippen LogP contribution in [0.1, 0.15) is 17.4 Å². The lowest BCUT2D eigenvalue weighted by Crippen LogP contribution is -2.39. The van der Waals surface area contributed by atoms with Crippen LogP contribution in [0.15, 0.2) is 41.8 Å². The molecule has 1 atom stereocenters. The summed E-state index contributed by atoms with van der Waals surface area (Å²) in [7, 11) is 1.89. The maximum atomic E-state index is 11.1. The fraction of sp³-hybridized carbons (Fsp3) is 0.312. The Bertz CT molecular complexity index is 566. The molecule has 1 heterocycles. The van der Waals surface area contributed by atoms with Crippen molar-refractivity contribution in [3.05, 3.63) is 52.2 Å². The van der Waals surface area contributed by atoms with E-state index in [1.54, 1.807) is 18.3 Å². The van der Waals surface area contributed by atoms with Gasteiger partial charge in [-0.3, -0.25) is 9.69 Å². The van der Waals surface area contributed by atoms with E-state index in [2.05, 4.69) is 6.07 Å². The average molecular weight is 304 g/mol. The number of primary amides is 1. The van der Waals surface area contributed by atoms with Crippen molar-refractivity contribution >= 4 is 17.2 Å². The number of carbonyl (C=O) groups excluding carboxylic acids is 1. The number of nitrogens with zero attached hydrogens (tertiary/aromatic N) is 1. The molecule has 0 bridgehead atoms. The van der Waals surface area contributed by atoms with Crippen molar-refractivity contribution in [2.24, 2.45) is 5.73 Å². The standard InChI is InChI=1S/C16H20N2O2S/c1-12(16(17)19)18(2)10-13-5-7-14(8-6-13)20-11-15-4-3-9-21-15/h3-9,12H,10-11H2,1-2H3,(H2,17,19)/t12-/m0/s1. The van der Waals surface area contributed by atoms with Gasteiger partial charge >= 0.3 is 0 Å². The van der Waals surface area contributed by atoms with Crippen LogP contribution in [0.25, 0.3) is 0 Å². The van der Waals surface area contributed by atoms with Crippen LogP contribution in [0.2, 0.25) is 0 Å². The predicted octanol–water partition coefficient (Wildman–Crippen LogP) is 2.63. The minimum absolute atomic E-state index is 0.278. The zero-order valence-electron chi connectivity index (χ0n) is 12.3. The summed E-state index contributed by atoms with van der Waals surface area (Å²) in [6.45, 7) is 3.08. The van der Waals surface area contributed by atoms with Crippen LogP contribution in [-0.2, 0) is 17.9 Å². The summed E-state index contributed by atoms with van der Waals surface area (Å²) >= 11 is 1.68. The molecule has 2 N–H and O–H groups in total. The molecule has 2 aromatic rings. The van der Waals surface area contributed by atoms with Gasteiger partial charge in [0.1, 0.15) is 12.4 Å². The van der Waals surface area contributed by atoms with Crippen LogP contribution in [0.4, 0.5) is 0 Å². The molecule has 1 aromatic heterocycles. The molecule has 112 valence electrons. The van der Waals surface area contributed by atoms with E-state index < -0.39 is 0 Å². The van der Waals surface area contributed by atoms with Gasteiger partial charge in [0.2, 0.25) is 5.91 Å². The smallest absolute Gasteiger partial charge is 0.234 e. The SMILES string of the molecule is C[C@@H](C(N)=O)N(C)Cc1ccc(OCc2cccs2)cc1. The minimum Gasteiger partial charge on any atom is -0.488 e. The summed E-state index contributed by atoms with van der Waals surface area (Å²) in [4.78, 5) is 14.3. The maximum Gasteiger partial charge on any atom is 0.234 e. The van der Waals surface area contributed by atoms with Crippen LogP contribution in [0.5, 0.6) is 5.75 Å². The lowest BCUT2D eigenvalue weighted by atomic mass is 10.2. The van der Waals surface area contributed by atoms with E-state index in [0.29, 0.717) is 13.2 Å².